The maximum absolute atomic E-state index is 11.6. The van der Waals surface area contributed by atoms with Crippen molar-refractivity contribution in [3.8, 4) is 11.3 Å². The summed E-state index contributed by atoms with van der Waals surface area (Å²) in [4.78, 5) is 14.9. The number of carbonyl (C=O) groups excluding carboxylic acids is 1. The minimum Gasteiger partial charge on any atom is -0.366 e. The van der Waals surface area contributed by atoms with E-state index in [0.717, 1.165) is 27.5 Å². The molecule has 2 aromatic carbocycles. The molecule has 2 aliphatic rings. The van der Waals surface area contributed by atoms with E-state index in [4.69, 9.17) is 5.73 Å². The molecule has 1 amide bonds. The summed E-state index contributed by atoms with van der Waals surface area (Å²) in [5.41, 5.74) is 8.95. The van der Waals surface area contributed by atoms with E-state index in [-0.39, 0.29) is 0 Å². The Bertz CT molecular complexity index is 936. The van der Waals surface area contributed by atoms with E-state index in [1.54, 1.807) is 6.07 Å². The molecule has 20 heavy (non-hydrogen) atoms. The summed E-state index contributed by atoms with van der Waals surface area (Å²) < 4.78 is 0. The van der Waals surface area contributed by atoms with Gasteiger partial charge in [-0.15, -0.1) is 0 Å². The molecular formula is C17H12N2O. The minimum atomic E-state index is -0.415. The van der Waals surface area contributed by atoms with Crippen LogP contribution in [0.5, 0.6) is 0 Å². The van der Waals surface area contributed by atoms with Gasteiger partial charge in [0.15, 0.2) is 0 Å². The van der Waals surface area contributed by atoms with Crippen LogP contribution in [-0.2, 0) is 0 Å². The van der Waals surface area contributed by atoms with E-state index in [1.807, 2.05) is 24.3 Å². The molecule has 0 spiro atoms. The number of pyridine rings is 1. The molecule has 3 heteroatoms. The van der Waals surface area contributed by atoms with Crippen LogP contribution < -0.4 is 5.73 Å². The molecule has 4 rings (SSSR count). The van der Waals surface area contributed by atoms with Crippen LogP contribution in [0.1, 0.15) is 10.4 Å². The SMILES string of the molecule is NC(=O)c1cccc2cc3cc4ccccc4c-3[nH]c12. The number of benzene rings is 2. The van der Waals surface area contributed by atoms with Crippen LogP contribution in [0.25, 0.3) is 32.9 Å². The van der Waals surface area contributed by atoms with Gasteiger partial charge in [-0.3, -0.25) is 4.79 Å². The van der Waals surface area contributed by atoms with Crippen LogP contribution >= 0.6 is 0 Å². The fourth-order valence-electron chi connectivity index (χ4n) is 2.83. The molecule has 0 unspecified atom stereocenters. The second kappa shape index (κ2) is 3.84. The summed E-state index contributed by atoms with van der Waals surface area (Å²) >= 11 is 0. The van der Waals surface area contributed by atoms with E-state index < -0.39 is 5.91 Å². The molecule has 0 saturated heterocycles. The lowest BCUT2D eigenvalue weighted by molar-refractivity contribution is 0.100. The maximum atomic E-state index is 11.6. The van der Waals surface area contributed by atoms with Crippen LogP contribution in [-0.4, -0.2) is 10.9 Å². The highest BCUT2D eigenvalue weighted by atomic mass is 16.1. The molecule has 1 aliphatic carbocycles. The van der Waals surface area contributed by atoms with E-state index in [1.165, 1.54) is 5.39 Å². The molecule has 1 aliphatic heterocycles. The van der Waals surface area contributed by atoms with Gasteiger partial charge >= 0.3 is 0 Å². The number of nitrogens with one attached hydrogen (secondary N) is 1. The molecule has 0 atom stereocenters. The second-order valence-corrected chi connectivity index (χ2v) is 4.97. The first kappa shape index (κ1) is 11.1. The van der Waals surface area contributed by atoms with Crippen LogP contribution in [0.2, 0.25) is 0 Å². The molecular weight excluding hydrogens is 248 g/mol. The monoisotopic (exact) mass is 260 g/mol. The van der Waals surface area contributed by atoms with Crippen molar-refractivity contribution in [3.05, 3.63) is 60.2 Å². The Hall–Kier alpha value is -2.81. The first-order valence-corrected chi connectivity index (χ1v) is 6.47. The van der Waals surface area contributed by atoms with Gasteiger partial charge in [-0.25, -0.2) is 0 Å². The van der Waals surface area contributed by atoms with E-state index in [0.29, 0.717) is 5.56 Å². The van der Waals surface area contributed by atoms with E-state index in [2.05, 4.69) is 29.2 Å². The Morgan fingerprint density at radius 1 is 0.950 bits per heavy atom. The molecule has 3 N–H and O–H groups in total. The van der Waals surface area contributed by atoms with Crippen molar-refractivity contribution >= 4 is 27.6 Å². The Balaban J connectivity index is 2.20. The smallest absolute Gasteiger partial charge is 0.250 e. The highest BCUT2D eigenvalue weighted by Crippen LogP contribution is 2.35. The summed E-state index contributed by atoms with van der Waals surface area (Å²) in [6.45, 7) is 0. The predicted octanol–water partition coefficient (Wildman–Crippen LogP) is 3.52. The molecule has 3 nitrogen and oxygen atoms in total. The van der Waals surface area contributed by atoms with Crippen LogP contribution in [0, 0.1) is 0 Å². The van der Waals surface area contributed by atoms with Crippen molar-refractivity contribution in [1.82, 2.24) is 4.98 Å². The molecule has 0 radical (unpaired) electrons. The van der Waals surface area contributed by atoms with Crippen molar-refractivity contribution in [1.29, 1.82) is 0 Å². The van der Waals surface area contributed by atoms with Gasteiger partial charge in [0.1, 0.15) is 0 Å². The molecule has 1 heterocycles. The van der Waals surface area contributed by atoms with E-state index >= 15 is 0 Å². The Kier molecular flexibility index (Phi) is 2.12. The number of hydrogen-bond donors (Lipinski definition) is 2. The third-order valence-electron chi connectivity index (χ3n) is 3.75. The summed E-state index contributed by atoms with van der Waals surface area (Å²) in [5.74, 6) is -0.415. The van der Waals surface area contributed by atoms with Gasteiger partial charge in [-0.05, 0) is 34.5 Å². The topological polar surface area (TPSA) is 58.9 Å². The zero-order valence-electron chi connectivity index (χ0n) is 10.7. The van der Waals surface area contributed by atoms with Gasteiger partial charge in [0.05, 0.1) is 16.8 Å². The van der Waals surface area contributed by atoms with Crippen molar-refractivity contribution in [2.45, 2.75) is 0 Å². The van der Waals surface area contributed by atoms with Crippen LogP contribution in [0.4, 0.5) is 0 Å². The highest BCUT2D eigenvalue weighted by Gasteiger charge is 2.14. The number of primary amides is 1. The largest absolute Gasteiger partial charge is 0.366 e. The first-order chi connectivity index (χ1) is 9.74. The van der Waals surface area contributed by atoms with Gasteiger partial charge in [-0.1, -0.05) is 36.4 Å². The molecule has 0 saturated carbocycles. The Morgan fingerprint density at radius 2 is 1.70 bits per heavy atom. The number of hydrogen-bond acceptors (Lipinski definition) is 1. The lowest BCUT2D eigenvalue weighted by Crippen LogP contribution is -2.12. The number of nitrogens with two attached hydrogens (primary N) is 1. The second-order valence-electron chi connectivity index (χ2n) is 4.97. The molecule has 96 valence electrons. The summed E-state index contributed by atoms with van der Waals surface area (Å²) in [7, 11) is 0. The van der Waals surface area contributed by atoms with Crippen LogP contribution in [0.3, 0.4) is 0 Å². The van der Waals surface area contributed by atoms with Gasteiger partial charge in [0.2, 0.25) is 0 Å². The number of H-pyrrole nitrogens is 1. The quantitative estimate of drug-likeness (QED) is 0.540. The van der Waals surface area contributed by atoms with Gasteiger partial charge in [-0.2, -0.15) is 0 Å². The first-order valence-electron chi connectivity index (χ1n) is 6.47. The molecule has 0 bridgehead atoms. The lowest BCUT2D eigenvalue weighted by atomic mass is 10.1. The summed E-state index contributed by atoms with van der Waals surface area (Å²) in [5, 5.41) is 3.34. The zero-order chi connectivity index (χ0) is 13.7. The average molecular weight is 260 g/mol. The highest BCUT2D eigenvalue weighted by molar-refractivity contribution is 6.09. The van der Waals surface area contributed by atoms with Crippen LogP contribution in [0.15, 0.2) is 54.6 Å². The fourth-order valence-corrected chi connectivity index (χ4v) is 2.83. The van der Waals surface area contributed by atoms with Gasteiger partial charge < -0.3 is 10.7 Å². The summed E-state index contributed by atoms with van der Waals surface area (Å²) in [6.07, 6.45) is 0. The van der Waals surface area contributed by atoms with Crippen molar-refractivity contribution in [2.75, 3.05) is 0 Å². The number of amides is 1. The number of aromatic nitrogens is 1. The van der Waals surface area contributed by atoms with Crippen molar-refractivity contribution < 1.29 is 4.79 Å². The number of fused-ring (bicyclic) bond motifs is 4. The lowest BCUT2D eigenvalue weighted by Gasteiger charge is -2.08. The van der Waals surface area contributed by atoms with E-state index in [9.17, 15) is 4.79 Å². The minimum absolute atomic E-state index is 0.415. The number of carbonyl (C=O) groups is 1. The third kappa shape index (κ3) is 1.43. The van der Waals surface area contributed by atoms with Gasteiger partial charge in [0, 0.05) is 5.39 Å². The van der Waals surface area contributed by atoms with Gasteiger partial charge in [0.25, 0.3) is 5.91 Å². The molecule has 0 fully saturated rings. The normalized spacial score (nSPS) is 11.4. The zero-order valence-corrected chi connectivity index (χ0v) is 10.7. The number of para-hydroxylation sites is 1. The molecule has 2 aromatic rings. The number of aromatic amines is 1. The van der Waals surface area contributed by atoms with Crippen molar-refractivity contribution in [2.24, 2.45) is 5.73 Å². The number of rotatable bonds is 1. The Morgan fingerprint density at radius 3 is 2.55 bits per heavy atom. The fraction of sp³-hybridized carbons (Fsp3) is 0. The average Bonchev–Trinajstić information content (AvgIpc) is 2.81. The predicted molar refractivity (Wildman–Crippen MR) is 80.9 cm³/mol. The molecule has 0 aromatic heterocycles. The maximum Gasteiger partial charge on any atom is 0.250 e. The van der Waals surface area contributed by atoms with Crippen molar-refractivity contribution in [3.63, 3.8) is 0 Å². The standard InChI is InChI=1S/C17H12N2O/c18-17(20)14-7-3-5-11-9-12-8-10-4-1-2-6-13(10)16(12)19-15(11)14/h1-9,19H,(H2,18,20). The third-order valence-corrected chi connectivity index (χ3v) is 3.75. The Labute approximate surface area is 115 Å². The summed E-state index contributed by atoms with van der Waals surface area (Å²) in [6, 6.07) is 18.0.